The molecule has 0 bridgehead atoms. The van der Waals surface area contributed by atoms with Crippen molar-refractivity contribution in [1.82, 2.24) is 4.31 Å². The normalized spacial score (nSPS) is 12.1. The van der Waals surface area contributed by atoms with Gasteiger partial charge in [0.05, 0.1) is 32.3 Å². The number of carbonyl (C=O) groups is 1. The van der Waals surface area contributed by atoms with E-state index in [0.29, 0.717) is 28.5 Å². The average Bonchev–Trinajstić information content (AvgIpc) is 2.87. The molecule has 1 amide bonds. The molecule has 3 aromatic carbocycles. The van der Waals surface area contributed by atoms with Gasteiger partial charge in [-0.2, -0.15) is 4.31 Å². The van der Waals surface area contributed by atoms with Gasteiger partial charge in [-0.05, 0) is 42.0 Å². The van der Waals surface area contributed by atoms with Crippen molar-refractivity contribution in [3.63, 3.8) is 0 Å². The lowest BCUT2D eigenvalue weighted by molar-refractivity contribution is -0.117. The molecule has 0 aliphatic carbocycles. The Morgan fingerprint density at radius 2 is 1.53 bits per heavy atom. The maximum atomic E-state index is 13.3. The molecule has 1 atom stereocenters. The molecule has 180 valence electrons. The average molecular weight is 485 g/mol. The van der Waals surface area contributed by atoms with Crippen LogP contribution in [0, 0.1) is 0 Å². The molecule has 0 unspecified atom stereocenters. The van der Waals surface area contributed by atoms with Gasteiger partial charge in [-0.15, -0.1) is 0 Å². The Labute approximate surface area is 200 Å². The van der Waals surface area contributed by atoms with Crippen molar-refractivity contribution in [3.05, 3.63) is 78.4 Å². The Morgan fingerprint density at radius 3 is 2.12 bits per heavy atom. The lowest BCUT2D eigenvalue weighted by Crippen LogP contribution is -2.33. The van der Waals surface area contributed by atoms with Gasteiger partial charge in [0.2, 0.25) is 15.9 Å². The van der Waals surface area contributed by atoms with E-state index in [1.165, 1.54) is 37.7 Å². The lowest BCUT2D eigenvalue weighted by atomic mass is 10.0. The van der Waals surface area contributed by atoms with E-state index < -0.39 is 16.1 Å². The van der Waals surface area contributed by atoms with E-state index in [1.807, 2.05) is 0 Å². The molecule has 0 radical (unpaired) electrons. The Balaban J connectivity index is 1.90. The zero-order valence-corrected chi connectivity index (χ0v) is 20.3. The molecule has 8 nitrogen and oxygen atoms in total. The summed E-state index contributed by atoms with van der Waals surface area (Å²) in [7, 11) is 2.20. The van der Waals surface area contributed by atoms with Crippen molar-refractivity contribution in [3.8, 4) is 17.2 Å². The van der Waals surface area contributed by atoms with Gasteiger partial charge in [0.1, 0.15) is 5.75 Å². The summed E-state index contributed by atoms with van der Waals surface area (Å²) in [4.78, 5) is 13.2. The van der Waals surface area contributed by atoms with Crippen LogP contribution in [0.4, 0.5) is 5.69 Å². The van der Waals surface area contributed by atoms with Crippen LogP contribution in [0.5, 0.6) is 17.2 Å². The molecule has 0 saturated carbocycles. The van der Waals surface area contributed by atoms with Crippen LogP contribution in [0.3, 0.4) is 0 Å². The second kappa shape index (κ2) is 11.0. The fourth-order valence-corrected chi connectivity index (χ4v) is 4.88. The number of nitrogens with one attached hydrogen (secondary N) is 1. The first kappa shape index (κ1) is 25.1. The van der Waals surface area contributed by atoms with E-state index >= 15 is 0 Å². The number of nitrogens with zero attached hydrogens (tertiary/aromatic N) is 1. The SMILES string of the molecule is COc1ccc([C@H](CC(=O)Nc2ccc(OC)c(OC)c2)N(C)S(=O)(=O)c2ccccc2)cc1. The van der Waals surface area contributed by atoms with Gasteiger partial charge < -0.3 is 19.5 Å². The van der Waals surface area contributed by atoms with Crippen LogP contribution in [0.15, 0.2) is 77.7 Å². The number of ether oxygens (including phenoxy) is 3. The Morgan fingerprint density at radius 1 is 0.882 bits per heavy atom. The van der Waals surface area contributed by atoms with Crippen LogP contribution >= 0.6 is 0 Å². The van der Waals surface area contributed by atoms with Gasteiger partial charge in [0, 0.05) is 25.2 Å². The molecule has 0 spiro atoms. The van der Waals surface area contributed by atoms with Crippen molar-refractivity contribution in [2.45, 2.75) is 17.4 Å². The van der Waals surface area contributed by atoms with Crippen molar-refractivity contribution in [1.29, 1.82) is 0 Å². The second-order valence-corrected chi connectivity index (χ2v) is 9.44. The third-order valence-electron chi connectivity index (χ3n) is 5.41. The summed E-state index contributed by atoms with van der Waals surface area (Å²) in [5, 5.41) is 2.82. The first-order valence-electron chi connectivity index (χ1n) is 10.5. The highest BCUT2D eigenvalue weighted by atomic mass is 32.2. The summed E-state index contributed by atoms with van der Waals surface area (Å²) >= 11 is 0. The molecular weight excluding hydrogens is 456 g/mol. The highest BCUT2D eigenvalue weighted by Gasteiger charge is 2.31. The van der Waals surface area contributed by atoms with Gasteiger partial charge in [0.25, 0.3) is 0 Å². The molecule has 0 saturated heterocycles. The summed E-state index contributed by atoms with van der Waals surface area (Å²) < 4.78 is 43.6. The number of sulfonamides is 1. The first-order chi connectivity index (χ1) is 16.3. The maximum Gasteiger partial charge on any atom is 0.243 e. The van der Waals surface area contributed by atoms with Crippen LogP contribution in [0.1, 0.15) is 18.0 Å². The van der Waals surface area contributed by atoms with Gasteiger partial charge in [-0.1, -0.05) is 30.3 Å². The molecule has 3 aromatic rings. The second-order valence-electron chi connectivity index (χ2n) is 7.45. The van der Waals surface area contributed by atoms with Crippen LogP contribution < -0.4 is 19.5 Å². The van der Waals surface area contributed by atoms with Crippen molar-refractivity contribution in [2.24, 2.45) is 0 Å². The van der Waals surface area contributed by atoms with Crippen molar-refractivity contribution < 1.29 is 27.4 Å². The fraction of sp³-hybridized carbons (Fsp3) is 0.240. The molecule has 34 heavy (non-hydrogen) atoms. The number of carbonyl (C=O) groups excluding carboxylic acids is 1. The van der Waals surface area contributed by atoms with E-state index in [2.05, 4.69) is 5.32 Å². The van der Waals surface area contributed by atoms with Crippen molar-refractivity contribution in [2.75, 3.05) is 33.7 Å². The number of hydrogen-bond donors (Lipinski definition) is 1. The summed E-state index contributed by atoms with van der Waals surface area (Å²) in [5.41, 5.74) is 1.16. The smallest absolute Gasteiger partial charge is 0.243 e. The van der Waals surface area contributed by atoms with Gasteiger partial charge >= 0.3 is 0 Å². The summed E-state index contributed by atoms with van der Waals surface area (Å²) in [6.45, 7) is 0. The Hall–Kier alpha value is -3.56. The van der Waals surface area contributed by atoms with E-state index in [4.69, 9.17) is 14.2 Å². The minimum atomic E-state index is -3.85. The minimum absolute atomic E-state index is 0.108. The monoisotopic (exact) mass is 484 g/mol. The highest BCUT2D eigenvalue weighted by molar-refractivity contribution is 7.89. The molecule has 1 N–H and O–H groups in total. The van der Waals surface area contributed by atoms with Crippen LogP contribution in [0.2, 0.25) is 0 Å². The molecule has 0 aromatic heterocycles. The quantitative estimate of drug-likeness (QED) is 0.466. The van der Waals surface area contributed by atoms with E-state index in [1.54, 1.807) is 67.8 Å². The van der Waals surface area contributed by atoms with E-state index in [9.17, 15) is 13.2 Å². The number of hydrogen-bond acceptors (Lipinski definition) is 6. The standard InChI is InChI=1S/C25H28N2O6S/c1-27(34(29,30)21-8-6-5-7-9-21)22(18-10-13-20(31-2)14-11-18)17-25(28)26-19-12-15-23(32-3)24(16-19)33-4/h5-16,22H,17H2,1-4H3,(H,26,28)/t22-/m0/s1. The van der Waals surface area contributed by atoms with E-state index in [-0.39, 0.29) is 17.2 Å². The summed E-state index contributed by atoms with van der Waals surface area (Å²) in [6, 6.07) is 19.4. The van der Waals surface area contributed by atoms with Crippen LogP contribution in [-0.2, 0) is 14.8 Å². The Kier molecular flexibility index (Phi) is 8.14. The zero-order valence-electron chi connectivity index (χ0n) is 19.5. The van der Waals surface area contributed by atoms with E-state index in [0.717, 1.165) is 0 Å². The number of benzene rings is 3. The third kappa shape index (κ3) is 5.67. The maximum absolute atomic E-state index is 13.3. The zero-order chi connectivity index (χ0) is 24.7. The number of methoxy groups -OCH3 is 3. The van der Waals surface area contributed by atoms with Gasteiger partial charge in [-0.25, -0.2) is 8.42 Å². The molecule has 0 fully saturated rings. The fourth-order valence-electron chi connectivity index (χ4n) is 3.51. The van der Waals surface area contributed by atoms with Gasteiger partial charge in [-0.3, -0.25) is 4.79 Å². The lowest BCUT2D eigenvalue weighted by Gasteiger charge is -2.28. The minimum Gasteiger partial charge on any atom is -0.497 e. The molecule has 9 heteroatoms. The molecule has 3 rings (SSSR count). The van der Waals surface area contributed by atoms with Crippen LogP contribution in [0.25, 0.3) is 0 Å². The summed E-state index contributed by atoms with van der Waals surface area (Å²) in [6.07, 6.45) is -0.108. The first-order valence-corrected chi connectivity index (χ1v) is 11.9. The topological polar surface area (TPSA) is 94.2 Å². The largest absolute Gasteiger partial charge is 0.497 e. The Bertz CT molecular complexity index is 1210. The third-order valence-corrected chi connectivity index (χ3v) is 7.29. The number of rotatable bonds is 10. The predicted octanol–water partition coefficient (Wildman–Crippen LogP) is 4.10. The number of amides is 1. The van der Waals surface area contributed by atoms with Gasteiger partial charge in [0.15, 0.2) is 11.5 Å². The predicted molar refractivity (Wildman–Crippen MR) is 130 cm³/mol. The summed E-state index contributed by atoms with van der Waals surface area (Å²) in [5.74, 6) is 1.27. The molecule has 0 aliphatic heterocycles. The molecular formula is C25H28N2O6S. The number of anilines is 1. The highest BCUT2D eigenvalue weighted by Crippen LogP contribution is 2.32. The molecule has 0 aliphatic rings. The molecule has 0 heterocycles. The van der Waals surface area contributed by atoms with Crippen molar-refractivity contribution >= 4 is 21.6 Å². The van der Waals surface area contributed by atoms with Crippen LogP contribution in [-0.4, -0.2) is 47.0 Å².